The molecule has 0 spiro atoms. The number of carbonyl (C=O) groups is 2. The second-order valence-corrected chi connectivity index (χ2v) is 5.89. The van der Waals surface area contributed by atoms with Gasteiger partial charge in [-0.3, -0.25) is 4.79 Å². The number of ether oxygens (including phenoxy) is 2. The Bertz CT molecular complexity index is 732. The molecular weight excluding hydrogens is 304 g/mol. The number of benzene rings is 2. The average molecular weight is 326 g/mol. The number of esters is 1. The highest BCUT2D eigenvalue weighted by atomic mass is 16.6. The van der Waals surface area contributed by atoms with E-state index in [1.165, 1.54) is 6.92 Å². The van der Waals surface area contributed by atoms with Gasteiger partial charge in [0.15, 0.2) is 5.78 Å². The lowest BCUT2D eigenvalue weighted by molar-refractivity contribution is 0.0120. The molecule has 0 aliphatic rings. The van der Waals surface area contributed by atoms with E-state index in [1.807, 2.05) is 31.2 Å². The summed E-state index contributed by atoms with van der Waals surface area (Å²) in [6, 6.07) is 13.0. The molecule has 0 radical (unpaired) electrons. The third kappa shape index (κ3) is 4.52. The van der Waals surface area contributed by atoms with Gasteiger partial charge in [0.2, 0.25) is 0 Å². The van der Waals surface area contributed by atoms with Crippen LogP contribution in [0.15, 0.2) is 42.5 Å². The van der Waals surface area contributed by atoms with E-state index in [0.29, 0.717) is 17.7 Å². The Hall–Kier alpha value is -2.46. The molecule has 0 saturated carbocycles. The first-order valence-corrected chi connectivity index (χ1v) is 7.83. The van der Waals surface area contributed by atoms with E-state index >= 15 is 0 Å². The fraction of sp³-hybridized carbons (Fsp3) is 0.300. The van der Waals surface area contributed by atoms with E-state index < -0.39 is 5.97 Å². The number of ketones is 1. The van der Waals surface area contributed by atoms with Crippen molar-refractivity contribution in [1.82, 2.24) is 0 Å². The topological polar surface area (TPSA) is 52.6 Å². The summed E-state index contributed by atoms with van der Waals surface area (Å²) < 4.78 is 10.3. The minimum atomic E-state index is -0.462. The second kappa shape index (κ2) is 7.88. The maximum absolute atomic E-state index is 12.4. The Morgan fingerprint density at radius 3 is 2.21 bits per heavy atom. The summed E-state index contributed by atoms with van der Waals surface area (Å²) in [7, 11) is 1.55. The summed E-state index contributed by atoms with van der Waals surface area (Å²) in [5.74, 6) is -0.557. The lowest BCUT2D eigenvalue weighted by Gasteiger charge is -2.13. The van der Waals surface area contributed by atoms with Crippen LogP contribution in [0.3, 0.4) is 0 Å². The van der Waals surface area contributed by atoms with Gasteiger partial charge >= 0.3 is 5.97 Å². The smallest absolute Gasteiger partial charge is 0.338 e. The Balaban J connectivity index is 2.39. The summed E-state index contributed by atoms with van der Waals surface area (Å²) in [6.45, 7) is 5.58. The van der Waals surface area contributed by atoms with Crippen molar-refractivity contribution in [2.75, 3.05) is 13.7 Å². The van der Waals surface area contributed by atoms with Crippen molar-refractivity contribution in [2.24, 2.45) is 0 Å². The zero-order valence-corrected chi connectivity index (χ0v) is 14.5. The fourth-order valence-electron chi connectivity index (χ4n) is 2.38. The quantitative estimate of drug-likeness (QED) is 0.593. The van der Waals surface area contributed by atoms with Gasteiger partial charge in [-0.15, -0.1) is 0 Å². The van der Waals surface area contributed by atoms with Crippen LogP contribution in [0, 0.1) is 6.92 Å². The molecule has 0 aliphatic carbocycles. The lowest BCUT2D eigenvalue weighted by Crippen LogP contribution is -2.20. The number of Topliss-reactive ketones (excluding diaryl/α,β-unsaturated/α-hetero) is 1. The molecule has 1 atom stereocenters. The van der Waals surface area contributed by atoms with Crippen LogP contribution >= 0.6 is 0 Å². The first kappa shape index (κ1) is 17.9. The summed E-state index contributed by atoms with van der Waals surface area (Å²) >= 11 is 0. The summed E-state index contributed by atoms with van der Waals surface area (Å²) in [5.41, 5.74) is 3.76. The van der Waals surface area contributed by atoms with Crippen molar-refractivity contribution < 1.29 is 19.1 Å². The molecule has 2 rings (SSSR count). The molecule has 0 aliphatic heterocycles. The lowest BCUT2D eigenvalue weighted by atomic mass is 9.97. The number of carbonyl (C=O) groups excluding carboxylic acids is 2. The van der Waals surface area contributed by atoms with Gasteiger partial charge in [0.05, 0.1) is 12.2 Å². The zero-order valence-electron chi connectivity index (χ0n) is 14.5. The van der Waals surface area contributed by atoms with Crippen molar-refractivity contribution in [1.29, 1.82) is 0 Å². The molecule has 0 saturated heterocycles. The van der Waals surface area contributed by atoms with Crippen molar-refractivity contribution in [3.63, 3.8) is 0 Å². The molecule has 24 heavy (non-hydrogen) atoms. The molecule has 0 amide bonds. The van der Waals surface area contributed by atoms with Gasteiger partial charge in [-0.05, 0) is 50.1 Å². The van der Waals surface area contributed by atoms with Crippen LogP contribution in [-0.2, 0) is 9.47 Å². The van der Waals surface area contributed by atoms with E-state index in [-0.39, 0.29) is 11.9 Å². The Morgan fingerprint density at radius 2 is 1.62 bits per heavy atom. The normalized spacial score (nSPS) is 11.8. The molecule has 0 aromatic heterocycles. The van der Waals surface area contributed by atoms with Crippen LogP contribution < -0.4 is 0 Å². The highest BCUT2D eigenvalue weighted by Crippen LogP contribution is 2.24. The molecule has 0 N–H and O–H groups in total. The van der Waals surface area contributed by atoms with Gasteiger partial charge in [-0.1, -0.05) is 29.8 Å². The third-order valence-corrected chi connectivity index (χ3v) is 3.67. The van der Waals surface area contributed by atoms with Gasteiger partial charge in [0.1, 0.15) is 6.10 Å². The monoisotopic (exact) mass is 326 g/mol. The van der Waals surface area contributed by atoms with Crippen molar-refractivity contribution in [3.8, 4) is 11.1 Å². The minimum absolute atomic E-state index is 0.0945. The molecule has 4 heteroatoms. The van der Waals surface area contributed by atoms with E-state index in [4.69, 9.17) is 9.47 Å². The molecule has 4 nitrogen and oxygen atoms in total. The van der Waals surface area contributed by atoms with Crippen LogP contribution in [-0.4, -0.2) is 31.6 Å². The predicted octanol–water partition coefficient (Wildman–Crippen LogP) is 4.06. The van der Waals surface area contributed by atoms with E-state index in [1.54, 1.807) is 32.2 Å². The molecular formula is C20H22O4. The highest BCUT2D eigenvalue weighted by molar-refractivity contribution is 5.99. The second-order valence-electron chi connectivity index (χ2n) is 5.89. The van der Waals surface area contributed by atoms with Crippen LogP contribution in [0.4, 0.5) is 0 Å². The van der Waals surface area contributed by atoms with E-state index in [0.717, 1.165) is 16.7 Å². The van der Waals surface area contributed by atoms with Crippen LogP contribution in [0.2, 0.25) is 0 Å². The van der Waals surface area contributed by atoms with Crippen LogP contribution in [0.5, 0.6) is 0 Å². The number of aryl methyl sites for hydroxylation is 1. The van der Waals surface area contributed by atoms with Crippen LogP contribution in [0.1, 0.15) is 40.1 Å². The van der Waals surface area contributed by atoms with Crippen molar-refractivity contribution in [2.45, 2.75) is 26.9 Å². The zero-order chi connectivity index (χ0) is 17.7. The first-order valence-electron chi connectivity index (χ1n) is 7.83. The number of rotatable bonds is 6. The third-order valence-electron chi connectivity index (χ3n) is 3.67. The predicted molar refractivity (Wildman–Crippen MR) is 93.4 cm³/mol. The number of methoxy groups -OCH3 is 1. The number of hydrogen-bond donors (Lipinski definition) is 0. The fourth-order valence-corrected chi connectivity index (χ4v) is 2.38. The summed E-state index contributed by atoms with van der Waals surface area (Å²) in [4.78, 5) is 24.2. The summed E-state index contributed by atoms with van der Waals surface area (Å²) in [5, 5.41) is 0. The van der Waals surface area contributed by atoms with Crippen molar-refractivity contribution in [3.05, 3.63) is 59.2 Å². The average Bonchev–Trinajstić information content (AvgIpc) is 2.55. The minimum Gasteiger partial charge on any atom is -0.457 e. The standard InChI is InChI=1S/C20H22O4/c1-13-5-7-16(8-6-13)18-9-17(15(3)21)10-19(11-18)20(22)24-14(2)12-23-4/h5-11,14H,12H2,1-4H3. The van der Waals surface area contributed by atoms with Gasteiger partial charge in [-0.25, -0.2) is 4.79 Å². The van der Waals surface area contributed by atoms with E-state index in [2.05, 4.69) is 0 Å². The largest absolute Gasteiger partial charge is 0.457 e. The summed E-state index contributed by atoms with van der Waals surface area (Å²) in [6.07, 6.45) is -0.355. The Morgan fingerprint density at radius 1 is 1.00 bits per heavy atom. The molecule has 2 aromatic rings. The SMILES string of the molecule is COCC(C)OC(=O)c1cc(C(C)=O)cc(-c2ccc(C)cc2)c1. The maximum Gasteiger partial charge on any atom is 0.338 e. The van der Waals surface area contributed by atoms with E-state index in [9.17, 15) is 9.59 Å². The first-order chi connectivity index (χ1) is 11.4. The molecule has 126 valence electrons. The van der Waals surface area contributed by atoms with Gasteiger partial charge in [0.25, 0.3) is 0 Å². The molecule has 1 unspecified atom stereocenters. The van der Waals surface area contributed by atoms with Gasteiger partial charge < -0.3 is 9.47 Å². The Kier molecular flexibility index (Phi) is 5.88. The van der Waals surface area contributed by atoms with Crippen LogP contribution in [0.25, 0.3) is 11.1 Å². The molecule has 2 aromatic carbocycles. The Labute approximate surface area is 142 Å². The van der Waals surface area contributed by atoms with Gasteiger partial charge in [-0.2, -0.15) is 0 Å². The molecule has 0 heterocycles. The van der Waals surface area contributed by atoms with Gasteiger partial charge in [0, 0.05) is 12.7 Å². The van der Waals surface area contributed by atoms with Crippen molar-refractivity contribution >= 4 is 11.8 Å². The highest BCUT2D eigenvalue weighted by Gasteiger charge is 2.15. The maximum atomic E-state index is 12.4. The molecule has 0 fully saturated rings. The number of hydrogen-bond acceptors (Lipinski definition) is 4. The molecule has 0 bridgehead atoms.